The van der Waals surface area contributed by atoms with Crippen LogP contribution < -0.4 is 0 Å². The lowest BCUT2D eigenvalue weighted by Gasteiger charge is -2.16. The van der Waals surface area contributed by atoms with Crippen LogP contribution in [0.2, 0.25) is 0 Å². The van der Waals surface area contributed by atoms with Gasteiger partial charge in [-0.25, -0.2) is 8.78 Å². The second-order valence-corrected chi connectivity index (χ2v) is 4.99. The molecule has 1 atom stereocenters. The highest BCUT2D eigenvalue weighted by Crippen LogP contribution is 2.32. The Hall–Kier alpha value is -1.71. The summed E-state index contributed by atoms with van der Waals surface area (Å²) >= 11 is 0. The predicted octanol–water partition coefficient (Wildman–Crippen LogP) is 3.30. The van der Waals surface area contributed by atoms with E-state index in [1.807, 2.05) is 6.07 Å². The third-order valence-electron chi connectivity index (χ3n) is 3.54. The van der Waals surface area contributed by atoms with Crippen LogP contribution in [0.3, 0.4) is 0 Å². The molecular formula is C15H17F2NO. The molecule has 1 aromatic carbocycles. The molecule has 1 amide bonds. The van der Waals surface area contributed by atoms with E-state index in [1.54, 1.807) is 17.0 Å². The number of carbonyl (C=O) groups excluding carboxylic acids is 1. The minimum absolute atomic E-state index is 0.0264. The van der Waals surface area contributed by atoms with Crippen molar-refractivity contribution in [2.45, 2.75) is 25.2 Å². The highest BCUT2D eigenvalue weighted by atomic mass is 19.3. The Balaban J connectivity index is 2.16. The average molecular weight is 265 g/mol. The summed E-state index contributed by atoms with van der Waals surface area (Å²) in [5.74, 6) is -2.80. The zero-order chi connectivity index (χ0) is 14.0. The summed E-state index contributed by atoms with van der Waals surface area (Å²) in [4.78, 5) is 13.2. The van der Waals surface area contributed by atoms with E-state index in [4.69, 9.17) is 0 Å². The van der Waals surface area contributed by atoms with Gasteiger partial charge in [-0.1, -0.05) is 24.8 Å². The van der Waals surface area contributed by atoms with Crippen molar-refractivity contribution in [3.05, 3.63) is 48.0 Å². The van der Waals surface area contributed by atoms with Crippen molar-refractivity contribution in [1.29, 1.82) is 0 Å². The van der Waals surface area contributed by atoms with E-state index in [-0.39, 0.29) is 17.4 Å². The Morgan fingerprint density at radius 2 is 2.26 bits per heavy atom. The number of alkyl halides is 2. The van der Waals surface area contributed by atoms with Crippen molar-refractivity contribution in [1.82, 2.24) is 4.90 Å². The molecule has 0 spiro atoms. The Kier molecular flexibility index (Phi) is 3.69. The molecule has 1 aliphatic heterocycles. The van der Waals surface area contributed by atoms with Crippen molar-refractivity contribution < 1.29 is 13.6 Å². The molecule has 102 valence electrons. The molecule has 2 rings (SSSR count). The molecule has 1 aliphatic rings. The number of carbonyl (C=O) groups is 1. The first-order chi connectivity index (χ1) is 8.91. The Morgan fingerprint density at radius 3 is 2.89 bits per heavy atom. The smallest absolute Gasteiger partial charge is 0.270 e. The van der Waals surface area contributed by atoms with Crippen LogP contribution in [0.5, 0.6) is 0 Å². The molecule has 0 aliphatic carbocycles. The van der Waals surface area contributed by atoms with Crippen LogP contribution in [0.25, 0.3) is 0 Å². The minimum Gasteiger partial charge on any atom is -0.339 e. The van der Waals surface area contributed by atoms with Gasteiger partial charge in [-0.3, -0.25) is 4.79 Å². The summed E-state index contributed by atoms with van der Waals surface area (Å²) in [6.07, 6.45) is 2.09. The van der Waals surface area contributed by atoms with Gasteiger partial charge in [0.2, 0.25) is 5.91 Å². The third kappa shape index (κ3) is 3.00. The largest absolute Gasteiger partial charge is 0.339 e. The van der Waals surface area contributed by atoms with Crippen molar-refractivity contribution in [2.24, 2.45) is 0 Å². The van der Waals surface area contributed by atoms with Gasteiger partial charge >= 0.3 is 0 Å². The third-order valence-corrected chi connectivity index (χ3v) is 3.54. The van der Waals surface area contributed by atoms with E-state index in [2.05, 4.69) is 6.58 Å². The lowest BCUT2D eigenvalue weighted by molar-refractivity contribution is -0.125. The first-order valence-corrected chi connectivity index (χ1v) is 6.31. The topological polar surface area (TPSA) is 20.3 Å². The maximum atomic E-state index is 13.3. The first kappa shape index (κ1) is 13.7. The normalized spacial score (nSPS) is 19.5. The van der Waals surface area contributed by atoms with Gasteiger partial charge < -0.3 is 4.90 Å². The van der Waals surface area contributed by atoms with E-state index in [0.717, 1.165) is 18.9 Å². The number of likely N-dealkylation sites (tertiary alicyclic amines) is 1. The molecule has 2 nitrogen and oxygen atoms in total. The van der Waals surface area contributed by atoms with Crippen molar-refractivity contribution in [2.75, 3.05) is 13.1 Å². The van der Waals surface area contributed by atoms with Gasteiger partial charge in [0.1, 0.15) is 0 Å². The number of halogens is 2. The maximum Gasteiger partial charge on any atom is 0.270 e. The highest BCUT2D eigenvalue weighted by molar-refractivity contribution is 5.87. The van der Waals surface area contributed by atoms with Gasteiger partial charge in [0.25, 0.3) is 5.92 Å². The molecule has 4 heteroatoms. The summed E-state index contributed by atoms with van der Waals surface area (Å²) < 4.78 is 26.6. The van der Waals surface area contributed by atoms with Crippen LogP contribution in [0.15, 0.2) is 36.9 Å². The van der Waals surface area contributed by atoms with E-state index in [1.165, 1.54) is 12.1 Å². The van der Waals surface area contributed by atoms with Crippen LogP contribution in [-0.2, 0) is 10.7 Å². The summed E-state index contributed by atoms with van der Waals surface area (Å²) in [6.45, 7) is 5.58. The molecule has 0 radical (unpaired) electrons. The quantitative estimate of drug-likeness (QED) is 0.768. The van der Waals surface area contributed by atoms with Crippen LogP contribution in [0.1, 0.15) is 30.4 Å². The maximum absolute atomic E-state index is 13.3. The summed E-state index contributed by atoms with van der Waals surface area (Å²) in [7, 11) is 0. The standard InChI is InChI=1S/C15H17F2NO/c1-3-14(19)18-8-7-12(10-18)11-5-4-6-13(9-11)15(2,16)17/h3-6,9,12H,1,7-8,10H2,2H3. The van der Waals surface area contributed by atoms with Crippen molar-refractivity contribution in [3.8, 4) is 0 Å². The van der Waals surface area contributed by atoms with Crippen molar-refractivity contribution in [3.63, 3.8) is 0 Å². The van der Waals surface area contributed by atoms with Crippen molar-refractivity contribution >= 4 is 5.91 Å². The molecule has 19 heavy (non-hydrogen) atoms. The number of benzene rings is 1. The Bertz CT molecular complexity index is 493. The fourth-order valence-electron chi connectivity index (χ4n) is 2.43. The van der Waals surface area contributed by atoms with Gasteiger partial charge in [-0.2, -0.15) is 0 Å². The molecule has 0 aromatic heterocycles. The fraction of sp³-hybridized carbons (Fsp3) is 0.400. The molecule has 0 N–H and O–H groups in total. The van der Waals surface area contributed by atoms with E-state index in [0.29, 0.717) is 13.1 Å². The zero-order valence-corrected chi connectivity index (χ0v) is 10.9. The number of rotatable bonds is 3. The zero-order valence-electron chi connectivity index (χ0n) is 10.9. The van der Waals surface area contributed by atoms with Crippen LogP contribution in [-0.4, -0.2) is 23.9 Å². The second-order valence-electron chi connectivity index (χ2n) is 4.99. The summed E-state index contributed by atoms with van der Waals surface area (Å²) in [5.41, 5.74) is 0.900. The molecule has 0 saturated carbocycles. The molecule has 1 heterocycles. The molecule has 1 saturated heterocycles. The lowest BCUT2D eigenvalue weighted by atomic mass is 9.95. The number of hydrogen-bond donors (Lipinski definition) is 0. The lowest BCUT2D eigenvalue weighted by Crippen LogP contribution is -2.26. The fourth-order valence-corrected chi connectivity index (χ4v) is 2.43. The highest BCUT2D eigenvalue weighted by Gasteiger charge is 2.29. The molecule has 1 fully saturated rings. The Morgan fingerprint density at radius 1 is 1.53 bits per heavy atom. The minimum atomic E-state index is -2.83. The predicted molar refractivity (Wildman–Crippen MR) is 70.1 cm³/mol. The monoisotopic (exact) mass is 265 g/mol. The van der Waals surface area contributed by atoms with E-state index < -0.39 is 5.92 Å². The molecular weight excluding hydrogens is 248 g/mol. The molecule has 1 aromatic rings. The van der Waals surface area contributed by atoms with Gasteiger partial charge in [0.15, 0.2) is 0 Å². The summed E-state index contributed by atoms with van der Waals surface area (Å²) in [6, 6.07) is 6.49. The van der Waals surface area contributed by atoms with E-state index in [9.17, 15) is 13.6 Å². The SMILES string of the molecule is C=CC(=O)N1CCC(c2cccc(C(C)(F)F)c2)C1. The number of amides is 1. The van der Waals surface area contributed by atoms with Gasteiger partial charge in [0, 0.05) is 31.5 Å². The number of hydrogen-bond acceptors (Lipinski definition) is 1. The molecule has 1 unspecified atom stereocenters. The van der Waals surface area contributed by atoms with Gasteiger partial charge in [-0.15, -0.1) is 0 Å². The van der Waals surface area contributed by atoms with Crippen LogP contribution in [0.4, 0.5) is 8.78 Å². The van der Waals surface area contributed by atoms with E-state index >= 15 is 0 Å². The van der Waals surface area contributed by atoms with Gasteiger partial charge in [-0.05, 0) is 24.1 Å². The van der Waals surface area contributed by atoms with Crippen LogP contribution >= 0.6 is 0 Å². The number of nitrogens with zero attached hydrogens (tertiary/aromatic N) is 1. The Labute approximate surface area is 111 Å². The second kappa shape index (κ2) is 5.11. The molecule has 0 bridgehead atoms. The summed E-state index contributed by atoms with van der Waals surface area (Å²) in [5, 5.41) is 0. The average Bonchev–Trinajstić information content (AvgIpc) is 2.86. The first-order valence-electron chi connectivity index (χ1n) is 6.31. The van der Waals surface area contributed by atoms with Gasteiger partial charge in [0.05, 0.1) is 0 Å². The van der Waals surface area contributed by atoms with Crippen LogP contribution in [0, 0.1) is 0 Å².